The fourth-order valence-electron chi connectivity index (χ4n) is 1.79. The monoisotopic (exact) mass is 264 g/mol. The first-order valence-corrected chi connectivity index (χ1v) is 6.48. The van der Waals surface area contributed by atoms with Gasteiger partial charge in [0.05, 0.1) is 14.2 Å². The Hall–Kier alpha value is -1.91. The van der Waals surface area contributed by atoms with Gasteiger partial charge in [0.25, 0.3) is 0 Å². The van der Waals surface area contributed by atoms with Crippen molar-refractivity contribution in [2.75, 3.05) is 26.1 Å². The van der Waals surface area contributed by atoms with Crippen molar-refractivity contribution >= 4 is 11.6 Å². The van der Waals surface area contributed by atoms with Gasteiger partial charge in [0.2, 0.25) is 5.91 Å². The first-order valence-electron chi connectivity index (χ1n) is 6.48. The van der Waals surface area contributed by atoms with E-state index in [1.165, 1.54) is 0 Å². The largest absolute Gasteiger partial charge is 0.493 e. The van der Waals surface area contributed by atoms with E-state index >= 15 is 0 Å². The summed E-state index contributed by atoms with van der Waals surface area (Å²) in [5.41, 5.74) is 0.914. The third-order valence-electron chi connectivity index (χ3n) is 3.01. The molecular formula is C14H20N2O3. The van der Waals surface area contributed by atoms with Gasteiger partial charge in [-0.05, 0) is 25.0 Å². The number of carbonyl (C=O) groups is 1. The second-order valence-corrected chi connectivity index (χ2v) is 4.59. The zero-order valence-electron chi connectivity index (χ0n) is 11.4. The lowest BCUT2D eigenvalue weighted by Crippen LogP contribution is -2.27. The molecule has 0 spiro atoms. The number of rotatable bonds is 7. The van der Waals surface area contributed by atoms with Crippen LogP contribution in [0.3, 0.4) is 0 Å². The van der Waals surface area contributed by atoms with Crippen LogP contribution in [0.1, 0.15) is 19.3 Å². The topological polar surface area (TPSA) is 59.6 Å². The molecule has 0 radical (unpaired) electrons. The number of benzene rings is 1. The zero-order chi connectivity index (χ0) is 13.7. The molecule has 104 valence electrons. The molecule has 5 heteroatoms. The van der Waals surface area contributed by atoms with Gasteiger partial charge in [-0.25, -0.2) is 0 Å². The van der Waals surface area contributed by atoms with Crippen molar-refractivity contribution in [2.24, 2.45) is 0 Å². The molecule has 0 saturated heterocycles. The van der Waals surface area contributed by atoms with Gasteiger partial charge in [-0.15, -0.1) is 0 Å². The average Bonchev–Trinajstić information content (AvgIpc) is 3.22. The molecule has 1 aliphatic carbocycles. The van der Waals surface area contributed by atoms with Gasteiger partial charge in [-0.2, -0.15) is 0 Å². The predicted octanol–water partition coefficient (Wildman–Crippen LogP) is 1.78. The van der Waals surface area contributed by atoms with Crippen LogP contribution in [0.5, 0.6) is 11.5 Å². The number of ether oxygens (including phenoxy) is 2. The lowest BCUT2D eigenvalue weighted by Gasteiger charge is -2.11. The van der Waals surface area contributed by atoms with E-state index in [1.807, 2.05) is 18.2 Å². The minimum Gasteiger partial charge on any atom is -0.493 e. The maximum Gasteiger partial charge on any atom is 0.221 e. The number of nitrogens with one attached hydrogen (secondary N) is 2. The zero-order valence-corrected chi connectivity index (χ0v) is 11.4. The van der Waals surface area contributed by atoms with Crippen LogP contribution in [0, 0.1) is 0 Å². The molecule has 0 aromatic heterocycles. The summed E-state index contributed by atoms with van der Waals surface area (Å²) in [6.07, 6.45) is 2.72. The summed E-state index contributed by atoms with van der Waals surface area (Å²) in [5.74, 6) is 1.48. The first kappa shape index (κ1) is 13.5. The molecule has 2 N–H and O–H groups in total. The van der Waals surface area contributed by atoms with Crippen LogP contribution < -0.4 is 20.1 Å². The molecule has 0 unspecified atom stereocenters. The number of hydrogen-bond donors (Lipinski definition) is 2. The molecule has 1 aromatic carbocycles. The molecule has 0 bridgehead atoms. The van der Waals surface area contributed by atoms with Gasteiger partial charge >= 0.3 is 0 Å². The van der Waals surface area contributed by atoms with Crippen LogP contribution in [0.2, 0.25) is 0 Å². The summed E-state index contributed by atoms with van der Waals surface area (Å²) in [6, 6.07) is 6.03. The summed E-state index contributed by atoms with van der Waals surface area (Å²) >= 11 is 0. The molecule has 5 nitrogen and oxygen atoms in total. The number of hydrogen-bond acceptors (Lipinski definition) is 4. The van der Waals surface area contributed by atoms with Crippen LogP contribution >= 0.6 is 0 Å². The minimum absolute atomic E-state index is 0.107. The van der Waals surface area contributed by atoms with E-state index in [1.54, 1.807) is 14.2 Å². The smallest absolute Gasteiger partial charge is 0.221 e. The molecule has 0 aliphatic heterocycles. The second-order valence-electron chi connectivity index (χ2n) is 4.59. The van der Waals surface area contributed by atoms with Gasteiger partial charge in [0, 0.05) is 30.8 Å². The maximum atomic E-state index is 11.5. The molecule has 2 rings (SSSR count). The van der Waals surface area contributed by atoms with Crippen molar-refractivity contribution in [2.45, 2.75) is 25.3 Å². The van der Waals surface area contributed by atoms with Gasteiger partial charge in [-0.3, -0.25) is 4.79 Å². The molecule has 0 heterocycles. The SMILES string of the molecule is COc1ccc(NCCC(=O)NC2CC2)cc1OC. The molecule has 19 heavy (non-hydrogen) atoms. The van der Waals surface area contributed by atoms with Crippen molar-refractivity contribution in [1.82, 2.24) is 5.32 Å². The minimum atomic E-state index is 0.107. The first-order chi connectivity index (χ1) is 9.22. The Kier molecular flexibility index (Phi) is 4.49. The predicted molar refractivity (Wildman–Crippen MR) is 73.8 cm³/mol. The number of amides is 1. The Labute approximate surface area is 113 Å². The van der Waals surface area contributed by atoms with Crippen LogP contribution in [0.25, 0.3) is 0 Å². The maximum absolute atomic E-state index is 11.5. The normalized spacial score (nSPS) is 13.8. The Morgan fingerprint density at radius 2 is 2.00 bits per heavy atom. The molecule has 1 aromatic rings. The fourth-order valence-corrected chi connectivity index (χ4v) is 1.79. The van der Waals surface area contributed by atoms with E-state index in [9.17, 15) is 4.79 Å². The Balaban J connectivity index is 1.79. The Morgan fingerprint density at radius 1 is 1.26 bits per heavy atom. The summed E-state index contributed by atoms with van der Waals surface area (Å²) < 4.78 is 10.4. The number of methoxy groups -OCH3 is 2. The van der Waals surface area contributed by atoms with Crippen molar-refractivity contribution in [3.63, 3.8) is 0 Å². The molecule has 1 saturated carbocycles. The molecule has 1 fully saturated rings. The van der Waals surface area contributed by atoms with E-state index in [0.29, 0.717) is 30.5 Å². The van der Waals surface area contributed by atoms with E-state index in [4.69, 9.17) is 9.47 Å². The van der Waals surface area contributed by atoms with E-state index in [-0.39, 0.29) is 5.91 Å². The summed E-state index contributed by atoms with van der Waals surface area (Å²) in [4.78, 5) is 11.5. The number of anilines is 1. The average molecular weight is 264 g/mol. The summed E-state index contributed by atoms with van der Waals surface area (Å²) in [6.45, 7) is 0.605. The highest BCUT2D eigenvalue weighted by Gasteiger charge is 2.22. The molecule has 0 atom stereocenters. The highest BCUT2D eigenvalue weighted by molar-refractivity contribution is 5.77. The third-order valence-corrected chi connectivity index (χ3v) is 3.01. The van der Waals surface area contributed by atoms with Crippen molar-refractivity contribution in [3.05, 3.63) is 18.2 Å². The van der Waals surface area contributed by atoms with E-state index < -0.39 is 0 Å². The van der Waals surface area contributed by atoms with Gasteiger partial charge in [-0.1, -0.05) is 0 Å². The van der Waals surface area contributed by atoms with Crippen LogP contribution in [0.15, 0.2) is 18.2 Å². The lowest BCUT2D eigenvalue weighted by atomic mass is 10.2. The van der Waals surface area contributed by atoms with Gasteiger partial charge < -0.3 is 20.1 Å². The Morgan fingerprint density at radius 3 is 2.63 bits per heavy atom. The molecule has 1 amide bonds. The highest BCUT2D eigenvalue weighted by Crippen LogP contribution is 2.29. The number of carbonyl (C=O) groups excluding carboxylic acids is 1. The van der Waals surface area contributed by atoms with E-state index in [0.717, 1.165) is 18.5 Å². The third kappa shape index (κ3) is 4.05. The van der Waals surface area contributed by atoms with Crippen LogP contribution in [-0.2, 0) is 4.79 Å². The lowest BCUT2D eigenvalue weighted by molar-refractivity contribution is -0.120. The summed E-state index contributed by atoms with van der Waals surface area (Å²) in [7, 11) is 3.21. The van der Waals surface area contributed by atoms with Crippen LogP contribution in [0.4, 0.5) is 5.69 Å². The highest BCUT2D eigenvalue weighted by atomic mass is 16.5. The van der Waals surface area contributed by atoms with E-state index in [2.05, 4.69) is 10.6 Å². The molecular weight excluding hydrogens is 244 g/mol. The quantitative estimate of drug-likeness (QED) is 0.788. The standard InChI is InChI=1S/C14H20N2O3/c1-18-12-6-5-11(9-13(12)19-2)15-8-7-14(17)16-10-3-4-10/h5-6,9-10,15H,3-4,7-8H2,1-2H3,(H,16,17). The Bertz CT molecular complexity index is 444. The fraction of sp³-hybridized carbons (Fsp3) is 0.500. The van der Waals surface area contributed by atoms with Gasteiger partial charge in [0.1, 0.15) is 0 Å². The van der Waals surface area contributed by atoms with Crippen molar-refractivity contribution < 1.29 is 14.3 Å². The van der Waals surface area contributed by atoms with Crippen molar-refractivity contribution in [3.8, 4) is 11.5 Å². The van der Waals surface area contributed by atoms with Gasteiger partial charge in [0.15, 0.2) is 11.5 Å². The summed E-state index contributed by atoms with van der Waals surface area (Å²) in [5, 5.41) is 6.16. The van der Waals surface area contributed by atoms with Crippen LogP contribution in [-0.4, -0.2) is 32.7 Å². The van der Waals surface area contributed by atoms with Crippen molar-refractivity contribution in [1.29, 1.82) is 0 Å². The molecule has 1 aliphatic rings. The second kappa shape index (κ2) is 6.31.